The van der Waals surface area contributed by atoms with E-state index >= 15 is 0 Å². The number of carbonyl (C=O) groups is 2. The Balaban J connectivity index is 1.45. The van der Waals surface area contributed by atoms with E-state index in [0.29, 0.717) is 43.5 Å². The van der Waals surface area contributed by atoms with Crippen LogP contribution < -0.4 is 4.90 Å². The third-order valence-corrected chi connectivity index (χ3v) is 7.12. The van der Waals surface area contributed by atoms with Gasteiger partial charge in [0.2, 0.25) is 5.91 Å². The van der Waals surface area contributed by atoms with Gasteiger partial charge >= 0.3 is 6.18 Å². The second-order valence-corrected chi connectivity index (χ2v) is 9.21. The van der Waals surface area contributed by atoms with Crippen LogP contribution in [0.1, 0.15) is 59.6 Å². The number of hydrogen-bond donors (Lipinski definition) is 0. The van der Waals surface area contributed by atoms with E-state index in [0.717, 1.165) is 23.7 Å². The van der Waals surface area contributed by atoms with Gasteiger partial charge in [-0.3, -0.25) is 14.3 Å². The summed E-state index contributed by atoms with van der Waals surface area (Å²) < 4.78 is 41.5. The van der Waals surface area contributed by atoms with Gasteiger partial charge in [-0.25, -0.2) is 0 Å². The van der Waals surface area contributed by atoms with Gasteiger partial charge in [0.05, 0.1) is 5.56 Å². The molecular weight excluding hydrogens is 433 g/mol. The lowest BCUT2D eigenvalue weighted by Gasteiger charge is -2.37. The monoisotopic (exact) mass is 462 g/mol. The number of nitrogens with zero attached hydrogens (tertiary/aromatic N) is 4. The van der Waals surface area contributed by atoms with Crippen LogP contribution in [0.5, 0.6) is 0 Å². The fourth-order valence-electron chi connectivity index (χ4n) is 5.06. The molecule has 6 nitrogen and oxygen atoms in total. The lowest BCUT2D eigenvalue weighted by atomic mass is 9.95. The third-order valence-electron chi connectivity index (χ3n) is 7.12. The number of alkyl halides is 3. The van der Waals surface area contributed by atoms with Crippen molar-refractivity contribution in [3.05, 3.63) is 46.3 Å². The minimum Gasteiger partial charge on any atom is -0.368 e. The number of amides is 1. The zero-order chi connectivity index (χ0) is 24.1. The zero-order valence-corrected chi connectivity index (χ0v) is 19.4. The first-order valence-electron chi connectivity index (χ1n) is 11.3. The second kappa shape index (κ2) is 8.50. The molecule has 2 heterocycles. The Bertz CT molecular complexity index is 1080. The highest BCUT2D eigenvalue weighted by Gasteiger charge is 2.36. The summed E-state index contributed by atoms with van der Waals surface area (Å²) >= 11 is 0. The topological polar surface area (TPSA) is 58.4 Å². The zero-order valence-electron chi connectivity index (χ0n) is 19.4. The van der Waals surface area contributed by atoms with Gasteiger partial charge in [-0.1, -0.05) is 19.9 Å². The Morgan fingerprint density at radius 1 is 1.12 bits per heavy atom. The summed E-state index contributed by atoms with van der Waals surface area (Å²) in [4.78, 5) is 28.7. The lowest BCUT2D eigenvalue weighted by molar-refractivity contribution is -0.138. The number of halogens is 3. The molecule has 0 spiro atoms. The summed E-state index contributed by atoms with van der Waals surface area (Å²) in [7, 11) is 0. The quantitative estimate of drug-likeness (QED) is 0.643. The molecule has 1 amide bonds. The van der Waals surface area contributed by atoms with Gasteiger partial charge in [0.15, 0.2) is 5.78 Å². The van der Waals surface area contributed by atoms with Crippen LogP contribution >= 0.6 is 0 Å². The molecule has 2 aliphatic rings. The maximum absolute atomic E-state index is 13.3. The van der Waals surface area contributed by atoms with Gasteiger partial charge in [0.1, 0.15) is 12.2 Å². The Morgan fingerprint density at radius 3 is 2.39 bits per heavy atom. The first-order chi connectivity index (χ1) is 15.5. The molecule has 0 N–H and O–H groups in total. The molecule has 0 radical (unpaired) electrons. The summed E-state index contributed by atoms with van der Waals surface area (Å²) in [5.74, 6) is 0.421. The van der Waals surface area contributed by atoms with Crippen LogP contribution in [0.2, 0.25) is 0 Å². The number of aromatic nitrogens is 2. The third kappa shape index (κ3) is 4.25. The SMILES string of the molecule is CC(=O)c1nn(CC(=O)N2CCN(c3cccc(C(F)(F)F)c3C)CC2)c2c1C(C)[C@H](C)C2. The van der Waals surface area contributed by atoms with Gasteiger partial charge in [-0.2, -0.15) is 18.3 Å². The minimum absolute atomic E-state index is 0.0671. The van der Waals surface area contributed by atoms with Crippen molar-refractivity contribution in [1.82, 2.24) is 14.7 Å². The normalized spacial score (nSPS) is 20.8. The molecule has 33 heavy (non-hydrogen) atoms. The maximum atomic E-state index is 13.3. The number of rotatable bonds is 4. The number of ketones is 1. The first kappa shape index (κ1) is 23.3. The molecule has 2 atom stereocenters. The van der Waals surface area contributed by atoms with Crippen molar-refractivity contribution in [3.63, 3.8) is 0 Å². The Hall–Kier alpha value is -2.84. The molecule has 1 aliphatic heterocycles. The molecule has 1 aliphatic carbocycles. The molecule has 1 aromatic heterocycles. The largest absolute Gasteiger partial charge is 0.416 e. The molecule has 2 aromatic rings. The number of hydrogen-bond acceptors (Lipinski definition) is 4. The van der Waals surface area contributed by atoms with Crippen LogP contribution in [0.4, 0.5) is 18.9 Å². The molecular formula is C24H29F3N4O2. The van der Waals surface area contributed by atoms with Gasteiger partial charge < -0.3 is 9.80 Å². The standard InChI is InChI=1S/C24H29F3N4O2/c1-14-12-20-22(15(14)2)23(17(4)32)28-31(20)13-21(33)30-10-8-29(9-11-30)19-7-5-6-18(16(19)3)24(25,26)27/h5-7,14-15H,8-13H2,1-4H3/t14-,15?/m1/s1. The molecule has 1 fully saturated rings. The summed E-state index contributed by atoms with van der Waals surface area (Å²) in [5, 5.41) is 4.46. The Labute approximate surface area is 191 Å². The highest BCUT2D eigenvalue weighted by molar-refractivity contribution is 5.94. The Kier molecular flexibility index (Phi) is 6.01. The average Bonchev–Trinajstić information content (AvgIpc) is 3.24. The molecule has 1 aromatic carbocycles. The first-order valence-corrected chi connectivity index (χ1v) is 11.3. The van der Waals surface area contributed by atoms with E-state index in [1.807, 2.05) is 4.90 Å². The van der Waals surface area contributed by atoms with Crippen molar-refractivity contribution < 1.29 is 22.8 Å². The van der Waals surface area contributed by atoms with Gasteiger partial charge in [-0.05, 0) is 42.9 Å². The van der Waals surface area contributed by atoms with Gasteiger partial charge in [0.25, 0.3) is 0 Å². The predicted octanol–water partition coefficient (Wildman–Crippen LogP) is 4.06. The Morgan fingerprint density at radius 2 is 1.79 bits per heavy atom. The number of carbonyl (C=O) groups excluding carboxylic acids is 2. The number of anilines is 1. The van der Waals surface area contributed by atoms with E-state index in [4.69, 9.17) is 0 Å². The van der Waals surface area contributed by atoms with Crippen molar-refractivity contribution in [1.29, 1.82) is 0 Å². The van der Waals surface area contributed by atoms with Gasteiger partial charge in [-0.15, -0.1) is 0 Å². The fraction of sp³-hybridized carbons (Fsp3) is 0.542. The van der Waals surface area contributed by atoms with E-state index in [-0.39, 0.29) is 29.7 Å². The number of benzene rings is 1. The van der Waals surface area contributed by atoms with Crippen LogP contribution in [-0.2, 0) is 23.9 Å². The predicted molar refractivity (Wildman–Crippen MR) is 118 cm³/mol. The summed E-state index contributed by atoms with van der Waals surface area (Å²) in [6.07, 6.45) is -3.61. The van der Waals surface area contributed by atoms with Crippen LogP contribution in [0, 0.1) is 12.8 Å². The smallest absolute Gasteiger partial charge is 0.368 e. The van der Waals surface area contributed by atoms with Crippen molar-refractivity contribution in [2.24, 2.45) is 5.92 Å². The number of piperazine rings is 1. The van der Waals surface area contributed by atoms with Crippen molar-refractivity contribution in [3.8, 4) is 0 Å². The van der Waals surface area contributed by atoms with Crippen molar-refractivity contribution in [2.45, 2.75) is 52.8 Å². The van der Waals surface area contributed by atoms with E-state index < -0.39 is 11.7 Å². The molecule has 0 saturated carbocycles. The van der Waals surface area contributed by atoms with E-state index in [1.54, 1.807) is 15.6 Å². The second-order valence-electron chi connectivity index (χ2n) is 9.21. The highest BCUT2D eigenvalue weighted by atomic mass is 19.4. The minimum atomic E-state index is -4.39. The molecule has 178 valence electrons. The summed E-state index contributed by atoms with van der Waals surface area (Å²) in [5.41, 5.74) is 2.52. The summed E-state index contributed by atoms with van der Waals surface area (Å²) in [6, 6.07) is 4.22. The number of Topliss-reactive ketones (excluding diaryl/α,β-unsaturated/α-hetero) is 1. The maximum Gasteiger partial charge on any atom is 0.416 e. The van der Waals surface area contributed by atoms with E-state index in [2.05, 4.69) is 18.9 Å². The van der Waals surface area contributed by atoms with Crippen LogP contribution in [0.15, 0.2) is 18.2 Å². The molecule has 0 bridgehead atoms. The highest BCUT2D eigenvalue weighted by Crippen LogP contribution is 2.40. The van der Waals surface area contributed by atoms with Crippen LogP contribution in [-0.4, -0.2) is 52.5 Å². The number of fused-ring (bicyclic) bond motifs is 1. The summed E-state index contributed by atoms with van der Waals surface area (Å²) in [6.45, 7) is 9.03. The molecule has 1 unspecified atom stereocenters. The molecule has 9 heteroatoms. The van der Waals surface area contributed by atoms with E-state index in [1.165, 1.54) is 19.9 Å². The van der Waals surface area contributed by atoms with Crippen LogP contribution in [0.3, 0.4) is 0 Å². The van der Waals surface area contributed by atoms with E-state index in [9.17, 15) is 22.8 Å². The average molecular weight is 463 g/mol. The molecule has 4 rings (SSSR count). The molecule has 1 saturated heterocycles. The fourth-order valence-corrected chi connectivity index (χ4v) is 5.06. The lowest BCUT2D eigenvalue weighted by Crippen LogP contribution is -2.50. The van der Waals surface area contributed by atoms with Crippen molar-refractivity contribution in [2.75, 3.05) is 31.1 Å². The van der Waals surface area contributed by atoms with Crippen LogP contribution in [0.25, 0.3) is 0 Å². The van der Waals surface area contributed by atoms with Gasteiger partial charge in [0, 0.05) is 50.0 Å². The van der Waals surface area contributed by atoms with Crippen molar-refractivity contribution >= 4 is 17.4 Å².